The molecule has 1 heterocycles. The summed E-state index contributed by atoms with van der Waals surface area (Å²) in [4.78, 5) is 6.92. The van der Waals surface area contributed by atoms with Gasteiger partial charge in [-0.3, -0.25) is 4.98 Å². The molecule has 0 bridgehead atoms. The van der Waals surface area contributed by atoms with Crippen LogP contribution < -0.4 is 5.32 Å². The van der Waals surface area contributed by atoms with Crippen molar-refractivity contribution in [2.75, 3.05) is 25.0 Å². The van der Waals surface area contributed by atoms with E-state index in [9.17, 15) is 0 Å². The van der Waals surface area contributed by atoms with E-state index < -0.39 is 0 Å². The lowest BCUT2D eigenvalue weighted by Crippen LogP contribution is -2.25. The van der Waals surface area contributed by atoms with Crippen LogP contribution in [0, 0.1) is 0 Å². The molecular weight excluding hydrogens is 386 g/mol. The number of pyridine rings is 1. The maximum atomic E-state index is 4.44. The van der Waals surface area contributed by atoms with Crippen LogP contribution in [0.25, 0.3) is 12.2 Å². The molecule has 26 heavy (non-hydrogen) atoms. The molecule has 0 spiro atoms. The van der Waals surface area contributed by atoms with Gasteiger partial charge in [-0.25, -0.2) is 0 Å². The number of halogens is 1. The summed E-state index contributed by atoms with van der Waals surface area (Å²) in [5.41, 5.74) is 3.26. The van der Waals surface area contributed by atoms with Gasteiger partial charge in [-0.1, -0.05) is 48.0 Å². The van der Waals surface area contributed by atoms with Crippen molar-refractivity contribution in [2.24, 2.45) is 0 Å². The van der Waals surface area contributed by atoms with Gasteiger partial charge in [0.15, 0.2) is 0 Å². The molecule has 0 fully saturated rings. The third-order valence-corrected chi connectivity index (χ3v) is 5.05. The van der Waals surface area contributed by atoms with Crippen LogP contribution in [0.15, 0.2) is 47.1 Å². The zero-order valence-electron chi connectivity index (χ0n) is 16.1. The van der Waals surface area contributed by atoms with Crippen LogP contribution in [0.3, 0.4) is 0 Å². The SMILES string of the molecule is CCN(CC)CCCC(C)Nc1ccnc(C=Cc2ccc(Br)cc2)c1. The van der Waals surface area contributed by atoms with E-state index in [0.717, 1.165) is 34.5 Å². The summed E-state index contributed by atoms with van der Waals surface area (Å²) in [6.45, 7) is 10.2. The van der Waals surface area contributed by atoms with E-state index in [-0.39, 0.29) is 0 Å². The van der Waals surface area contributed by atoms with Gasteiger partial charge in [-0.05, 0) is 75.3 Å². The Bertz CT molecular complexity index is 678. The Morgan fingerprint density at radius 3 is 2.54 bits per heavy atom. The Labute approximate surface area is 166 Å². The second-order valence-electron chi connectivity index (χ2n) is 6.57. The minimum Gasteiger partial charge on any atom is -0.382 e. The molecule has 0 radical (unpaired) electrons. The van der Waals surface area contributed by atoms with Gasteiger partial charge in [0.25, 0.3) is 0 Å². The van der Waals surface area contributed by atoms with Gasteiger partial charge in [0, 0.05) is 22.4 Å². The van der Waals surface area contributed by atoms with Gasteiger partial charge < -0.3 is 10.2 Å². The van der Waals surface area contributed by atoms with Gasteiger partial charge in [-0.2, -0.15) is 0 Å². The van der Waals surface area contributed by atoms with Crippen molar-refractivity contribution >= 4 is 33.8 Å². The normalized spacial score (nSPS) is 12.7. The van der Waals surface area contributed by atoms with Crippen molar-refractivity contribution in [1.82, 2.24) is 9.88 Å². The molecule has 1 N–H and O–H groups in total. The number of nitrogens with zero attached hydrogens (tertiary/aromatic N) is 2. The fourth-order valence-corrected chi connectivity index (χ4v) is 3.17. The number of hydrogen-bond acceptors (Lipinski definition) is 3. The Hall–Kier alpha value is -1.65. The quantitative estimate of drug-likeness (QED) is 0.520. The summed E-state index contributed by atoms with van der Waals surface area (Å²) in [5.74, 6) is 0. The monoisotopic (exact) mass is 415 g/mol. The Morgan fingerprint density at radius 2 is 1.85 bits per heavy atom. The zero-order valence-corrected chi connectivity index (χ0v) is 17.7. The van der Waals surface area contributed by atoms with Gasteiger partial charge in [0.05, 0.1) is 5.69 Å². The van der Waals surface area contributed by atoms with Crippen LogP contribution in [-0.4, -0.2) is 35.6 Å². The van der Waals surface area contributed by atoms with Crippen LogP contribution >= 0.6 is 15.9 Å². The Morgan fingerprint density at radius 1 is 1.12 bits per heavy atom. The lowest BCUT2D eigenvalue weighted by Gasteiger charge is -2.20. The number of aromatic nitrogens is 1. The molecular formula is C22H30BrN3. The first kappa shape index (κ1) is 20.7. The summed E-state index contributed by atoms with van der Waals surface area (Å²) >= 11 is 3.46. The van der Waals surface area contributed by atoms with Crippen LogP contribution in [-0.2, 0) is 0 Å². The number of rotatable bonds is 10. The predicted molar refractivity (Wildman–Crippen MR) is 117 cm³/mol. The summed E-state index contributed by atoms with van der Waals surface area (Å²) in [5, 5.41) is 3.60. The van der Waals surface area contributed by atoms with Gasteiger partial charge in [0.1, 0.15) is 0 Å². The van der Waals surface area contributed by atoms with E-state index in [2.05, 4.69) is 82.3 Å². The number of nitrogens with one attached hydrogen (secondary N) is 1. The number of benzene rings is 1. The minimum atomic E-state index is 0.455. The van der Waals surface area contributed by atoms with E-state index in [1.807, 2.05) is 24.4 Å². The highest BCUT2D eigenvalue weighted by Crippen LogP contribution is 2.15. The first-order chi connectivity index (χ1) is 12.6. The maximum absolute atomic E-state index is 4.44. The minimum absolute atomic E-state index is 0.455. The number of anilines is 1. The maximum Gasteiger partial charge on any atom is 0.0650 e. The Kier molecular flexibility index (Phi) is 8.86. The van der Waals surface area contributed by atoms with Crippen molar-refractivity contribution in [3.05, 3.63) is 58.3 Å². The third-order valence-electron chi connectivity index (χ3n) is 4.52. The molecule has 3 nitrogen and oxygen atoms in total. The van der Waals surface area contributed by atoms with Gasteiger partial charge in [0.2, 0.25) is 0 Å². The summed E-state index contributed by atoms with van der Waals surface area (Å²) in [6, 6.07) is 12.9. The van der Waals surface area contributed by atoms with Crippen molar-refractivity contribution in [3.63, 3.8) is 0 Å². The average molecular weight is 416 g/mol. The molecule has 0 amide bonds. The van der Waals surface area contributed by atoms with Crippen LogP contribution in [0.5, 0.6) is 0 Å². The first-order valence-electron chi connectivity index (χ1n) is 9.49. The average Bonchev–Trinajstić information content (AvgIpc) is 2.65. The molecule has 140 valence electrons. The highest BCUT2D eigenvalue weighted by molar-refractivity contribution is 9.10. The molecule has 1 aromatic heterocycles. The molecule has 1 aromatic carbocycles. The lowest BCUT2D eigenvalue weighted by molar-refractivity contribution is 0.295. The van der Waals surface area contributed by atoms with Crippen LogP contribution in [0.2, 0.25) is 0 Å². The molecule has 0 aliphatic rings. The van der Waals surface area contributed by atoms with Crippen molar-refractivity contribution in [3.8, 4) is 0 Å². The first-order valence-corrected chi connectivity index (χ1v) is 10.3. The van der Waals surface area contributed by atoms with Crippen molar-refractivity contribution in [2.45, 2.75) is 39.7 Å². The molecule has 0 saturated heterocycles. The molecule has 4 heteroatoms. The molecule has 0 aliphatic heterocycles. The third kappa shape index (κ3) is 7.30. The van der Waals surface area contributed by atoms with Crippen molar-refractivity contribution in [1.29, 1.82) is 0 Å². The fourth-order valence-electron chi connectivity index (χ4n) is 2.90. The van der Waals surface area contributed by atoms with Gasteiger partial charge >= 0.3 is 0 Å². The molecule has 0 saturated carbocycles. The van der Waals surface area contributed by atoms with E-state index in [4.69, 9.17) is 0 Å². The molecule has 2 rings (SSSR count). The smallest absolute Gasteiger partial charge is 0.0650 e. The topological polar surface area (TPSA) is 28.2 Å². The second-order valence-corrected chi connectivity index (χ2v) is 7.48. The standard InChI is InChI=1S/C22H30BrN3/c1-4-26(5-2)16-6-7-18(3)25-22-14-15-24-21(17-22)13-10-19-8-11-20(23)12-9-19/h8-15,17-18H,4-7,16H2,1-3H3,(H,24,25). The Balaban J connectivity index is 1.86. The van der Waals surface area contributed by atoms with E-state index in [1.54, 1.807) is 0 Å². The largest absolute Gasteiger partial charge is 0.382 e. The highest BCUT2D eigenvalue weighted by atomic mass is 79.9. The zero-order chi connectivity index (χ0) is 18.8. The summed E-state index contributed by atoms with van der Waals surface area (Å²) in [6.07, 6.45) is 8.40. The molecule has 0 aliphatic carbocycles. The number of hydrogen-bond donors (Lipinski definition) is 1. The van der Waals surface area contributed by atoms with Crippen LogP contribution in [0.4, 0.5) is 5.69 Å². The molecule has 2 aromatic rings. The van der Waals surface area contributed by atoms with Gasteiger partial charge in [-0.15, -0.1) is 0 Å². The molecule has 1 atom stereocenters. The van der Waals surface area contributed by atoms with E-state index >= 15 is 0 Å². The highest BCUT2D eigenvalue weighted by Gasteiger charge is 2.05. The van der Waals surface area contributed by atoms with Crippen LogP contribution in [0.1, 0.15) is 44.9 Å². The molecule has 1 unspecified atom stereocenters. The summed E-state index contributed by atoms with van der Waals surface area (Å²) < 4.78 is 1.09. The van der Waals surface area contributed by atoms with E-state index in [1.165, 1.54) is 19.4 Å². The summed E-state index contributed by atoms with van der Waals surface area (Å²) in [7, 11) is 0. The van der Waals surface area contributed by atoms with E-state index in [0.29, 0.717) is 6.04 Å². The second kappa shape index (κ2) is 11.1. The van der Waals surface area contributed by atoms with Crippen molar-refractivity contribution < 1.29 is 0 Å². The fraction of sp³-hybridized carbons (Fsp3) is 0.409. The lowest BCUT2D eigenvalue weighted by atomic mass is 10.1. The predicted octanol–water partition coefficient (Wildman–Crippen LogP) is 5.94.